The molecule has 0 spiro atoms. The molecule has 18 heavy (non-hydrogen) atoms. The molecule has 1 fully saturated rings. The van der Waals surface area contributed by atoms with Gasteiger partial charge in [-0.25, -0.2) is 0 Å². The van der Waals surface area contributed by atoms with Crippen LogP contribution in [0.4, 0.5) is 0 Å². The lowest BCUT2D eigenvalue weighted by Gasteiger charge is -2.23. The Kier molecular flexibility index (Phi) is 3.69. The van der Waals surface area contributed by atoms with E-state index in [4.69, 9.17) is 23.2 Å². The molecular weight excluding hydrogens is 289 g/mol. The fourth-order valence-corrected chi connectivity index (χ4v) is 3.64. The second-order valence-corrected chi connectivity index (χ2v) is 7.89. The summed E-state index contributed by atoms with van der Waals surface area (Å²) >= 11 is 13.7. The van der Waals surface area contributed by atoms with Crippen LogP contribution in [0.5, 0.6) is 0 Å². The maximum absolute atomic E-state index is 12.3. The SMILES string of the molecule is CC(C)C(NC(=O)C1(C)CC1(Cl)Cl)c1cccs1. The zero-order valence-corrected chi connectivity index (χ0v) is 13.0. The Balaban J connectivity index is 2.10. The van der Waals surface area contributed by atoms with Gasteiger partial charge in [0.15, 0.2) is 0 Å². The smallest absolute Gasteiger partial charge is 0.229 e. The summed E-state index contributed by atoms with van der Waals surface area (Å²) in [5, 5.41) is 5.10. The molecule has 1 aliphatic carbocycles. The van der Waals surface area contributed by atoms with Crippen LogP contribution in [0, 0.1) is 11.3 Å². The molecular formula is C13H17Cl2NOS. The summed E-state index contributed by atoms with van der Waals surface area (Å²) in [5.74, 6) is 0.273. The van der Waals surface area contributed by atoms with Crippen molar-refractivity contribution in [2.45, 2.75) is 37.6 Å². The van der Waals surface area contributed by atoms with Crippen LogP contribution in [0.15, 0.2) is 17.5 Å². The fraction of sp³-hybridized carbons (Fsp3) is 0.615. The van der Waals surface area contributed by atoms with Gasteiger partial charge >= 0.3 is 0 Å². The van der Waals surface area contributed by atoms with Gasteiger partial charge in [-0.05, 0) is 30.7 Å². The molecule has 0 aromatic carbocycles. The van der Waals surface area contributed by atoms with Crippen LogP contribution in [0.3, 0.4) is 0 Å². The van der Waals surface area contributed by atoms with Gasteiger partial charge in [-0.1, -0.05) is 19.9 Å². The second-order valence-electron chi connectivity index (χ2n) is 5.42. The standard InChI is InChI=1S/C13H17Cl2NOS/c1-8(2)10(9-5-4-6-18-9)16-11(17)12(3)7-13(12,14)15/h4-6,8,10H,7H2,1-3H3,(H,16,17). The zero-order valence-electron chi connectivity index (χ0n) is 10.7. The van der Waals surface area contributed by atoms with Gasteiger partial charge in [-0.2, -0.15) is 0 Å². The van der Waals surface area contributed by atoms with Crippen LogP contribution < -0.4 is 5.32 Å². The predicted molar refractivity (Wildman–Crippen MR) is 77.2 cm³/mol. The maximum Gasteiger partial charge on any atom is 0.229 e. The highest BCUT2D eigenvalue weighted by molar-refractivity contribution is 7.10. The van der Waals surface area contributed by atoms with Crippen molar-refractivity contribution in [3.05, 3.63) is 22.4 Å². The molecule has 1 aromatic heterocycles. The van der Waals surface area contributed by atoms with Gasteiger partial charge in [-0.15, -0.1) is 34.5 Å². The normalized spacial score (nSPS) is 27.0. The molecule has 1 amide bonds. The minimum Gasteiger partial charge on any atom is -0.348 e. The number of carbonyl (C=O) groups excluding carboxylic acids is 1. The van der Waals surface area contributed by atoms with E-state index >= 15 is 0 Å². The van der Waals surface area contributed by atoms with Crippen molar-refractivity contribution < 1.29 is 4.79 Å². The average Bonchev–Trinajstić information content (AvgIpc) is 2.71. The van der Waals surface area contributed by atoms with Gasteiger partial charge in [0, 0.05) is 4.88 Å². The Labute approximate surface area is 122 Å². The first-order valence-electron chi connectivity index (χ1n) is 6.00. The highest BCUT2D eigenvalue weighted by Gasteiger charge is 2.68. The van der Waals surface area contributed by atoms with Gasteiger partial charge in [0.1, 0.15) is 4.33 Å². The van der Waals surface area contributed by atoms with Gasteiger partial charge in [0.25, 0.3) is 0 Å². The Morgan fingerprint density at radius 1 is 1.50 bits per heavy atom. The molecule has 2 atom stereocenters. The van der Waals surface area contributed by atoms with Crippen molar-refractivity contribution in [1.29, 1.82) is 0 Å². The number of hydrogen-bond donors (Lipinski definition) is 1. The number of hydrogen-bond acceptors (Lipinski definition) is 2. The molecule has 0 aliphatic heterocycles. The van der Waals surface area contributed by atoms with Gasteiger partial charge in [0.2, 0.25) is 5.91 Å². The van der Waals surface area contributed by atoms with Gasteiger partial charge in [0.05, 0.1) is 11.5 Å². The molecule has 1 aromatic rings. The summed E-state index contributed by atoms with van der Waals surface area (Å²) in [7, 11) is 0. The molecule has 1 saturated carbocycles. The lowest BCUT2D eigenvalue weighted by Crippen LogP contribution is -2.37. The molecule has 5 heteroatoms. The van der Waals surface area contributed by atoms with Gasteiger partial charge < -0.3 is 5.32 Å². The molecule has 1 N–H and O–H groups in total. The number of halogens is 2. The summed E-state index contributed by atoms with van der Waals surface area (Å²) in [6.07, 6.45) is 0.518. The van der Waals surface area contributed by atoms with E-state index in [1.165, 1.54) is 0 Å². The number of thiophene rings is 1. The van der Waals surface area contributed by atoms with E-state index in [-0.39, 0.29) is 11.9 Å². The van der Waals surface area contributed by atoms with E-state index in [9.17, 15) is 4.79 Å². The monoisotopic (exact) mass is 305 g/mol. The van der Waals surface area contributed by atoms with Gasteiger partial charge in [-0.3, -0.25) is 4.79 Å². The summed E-state index contributed by atoms with van der Waals surface area (Å²) in [6.45, 7) is 6.00. The largest absolute Gasteiger partial charge is 0.348 e. The topological polar surface area (TPSA) is 29.1 Å². The van der Waals surface area contributed by atoms with Crippen molar-refractivity contribution in [1.82, 2.24) is 5.32 Å². The summed E-state index contributed by atoms with van der Waals surface area (Å²) in [4.78, 5) is 13.4. The third-order valence-electron chi connectivity index (χ3n) is 3.56. The zero-order chi connectivity index (χ0) is 13.6. The Morgan fingerprint density at radius 2 is 2.11 bits per heavy atom. The third-order valence-corrected chi connectivity index (χ3v) is 5.62. The molecule has 1 aliphatic rings. The number of carbonyl (C=O) groups is 1. The van der Waals surface area contributed by atoms with Crippen molar-refractivity contribution >= 4 is 40.4 Å². The Bertz CT molecular complexity index is 444. The number of amides is 1. The lowest BCUT2D eigenvalue weighted by molar-refractivity contribution is -0.126. The first-order chi connectivity index (χ1) is 8.28. The van der Waals surface area contributed by atoms with Crippen LogP contribution in [0.2, 0.25) is 0 Å². The maximum atomic E-state index is 12.3. The summed E-state index contributed by atoms with van der Waals surface area (Å²) in [5.41, 5.74) is -0.652. The average molecular weight is 306 g/mol. The van der Waals surface area contributed by atoms with E-state index in [1.54, 1.807) is 11.3 Å². The van der Waals surface area contributed by atoms with Crippen molar-refractivity contribution in [2.24, 2.45) is 11.3 Å². The first kappa shape index (κ1) is 14.2. The van der Waals surface area contributed by atoms with Crippen LogP contribution in [0.25, 0.3) is 0 Å². The van der Waals surface area contributed by atoms with E-state index in [2.05, 4.69) is 19.2 Å². The quantitative estimate of drug-likeness (QED) is 0.832. The molecule has 2 unspecified atom stereocenters. The minimum absolute atomic E-state index is 0.0269. The molecule has 0 saturated heterocycles. The molecule has 100 valence electrons. The molecule has 0 bridgehead atoms. The third kappa shape index (κ3) is 2.40. The van der Waals surface area contributed by atoms with E-state index < -0.39 is 9.75 Å². The highest BCUT2D eigenvalue weighted by atomic mass is 35.5. The second kappa shape index (κ2) is 4.69. The van der Waals surface area contributed by atoms with E-state index in [0.29, 0.717) is 12.3 Å². The molecule has 2 nitrogen and oxygen atoms in total. The first-order valence-corrected chi connectivity index (χ1v) is 7.64. The molecule has 0 radical (unpaired) electrons. The lowest BCUT2D eigenvalue weighted by atomic mass is 10.0. The number of nitrogens with one attached hydrogen (secondary N) is 1. The number of alkyl halides is 2. The summed E-state index contributed by atoms with van der Waals surface area (Å²) in [6, 6.07) is 4.06. The predicted octanol–water partition coefficient (Wildman–Crippen LogP) is 4.15. The Hall–Kier alpha value is -0.250. The molecule has 2 rings (SSSR count). The van der Waals surface area contributed by atoms with E-state index in [1.807, 2.05) is 24.4 Å². The molecule has 1 heterocycles. The van der Waals surface area contributed by atoms with E-state index in [0.717, 1.165) is 4.88 Å². The van der Waals surface area contributed by atoms with Crippen molar-refractivity contribution in [2.75, 3.05) is 0 Å². The van der Waals surface area contributed by atoms with Crippen LogP contribution in [0.1, 0.15) is 38.1 Å². The minimum atomic E-state index is -0.909. The number of rotatable bonds is 4. The van der Waals surface area contributed by atoms with Crippen LogP contribution in [-0.4, -0.2) is 10.2 Å². The highest BCUT2D eigenvalue weighted by Crippen LogP contribution is 2.64. The Morgan fingerprint density at radius 3 is 2.50 bits per heavy atom. The van der Waals surface area contributed by atoms with Crippen LogP contribution >= 0.6 is 34.5 Å². The summed E-state index contributed by atoms with van der Waals surface area (Å²) < 4.78 is -0.909. The van der Waals surface area contributed by atoms with Crippen LogP contribution in [-0.2, 0) is 4.79 Å². The fourth-order valence-electron chi connectivity index (χ4n) is 1.98. The van der Waals surface area contributed by atoms with Crippen molar-refractivity contribution in [3.8, 4) is 0 Å². The van der Waals surface area contributed by atoms with Crippen molar-refractivity contribution in [3.63, 3.8) is 0 Å².